The zero-order chi connectivity index (χ0) is 14.0. The number of rotatable bonds is 4. The molecule has 0 saturated carbocycles. The van der Waals surface area contributed by atoms with Crippen LogP contribution in [0.4, 0.5) is 4.39 Å². The van der Waals surface area contributed by atoms with Crippen LogP contribution < -0.4 is 11.3 Å². The maximum atomic E-state index is 13.0. The van der Waals surface area contributed by atoms with Crippen molar-refractivity contribution in [3.8, 4) is 0 Å². The lowest BCUT2D eigenvalue weighted by molar-refractivity contribution is 0.505. The maximum Gasteiger partial charge on any atom is 0.153 e. The minimum Gasteiger partial charge on any atom is -0.271 e. The van der Waals surface area contributed by atoms with E-state index < -0.39 is 0 Å². The summed E-state index contributed by atoms with van der Waals surface area (Å²) in [4.78, 5) is 0. The van der Waals surface area contributed by atoms with Crippen LogP contribution in [-0.2, 0) is 13.5 Å². The van der Waals surface area contributed by atoms with Crippen molar-refractivity contribution < 1.29 is 4.39 Å². The summed E-state index contributed by atoms with van der Waals surface area (Å²) in [7, 11) is 1.77. The van der Waals surface area contributed by atoms with Crippen LogP contribution in [0.25, 0.3) is 0 Å². The minimum absolute atomic E-state index is 0.239. The molecule has 8 heteroatoms. The maximum absolute atomic E-state index is 13.0. The van der Waals surface area contributed by atoms with E-state index in [4.69, 9.17) is 17.4 Å². The third-order valence-electron chi connectivity index (χ3n) is 2.80. The fourth-order valence-corrected chi connectivity index (χ4v) is 2.70. The zero-order valence-corrected chi connectivity index (χ0v) is 12.4. The molecule has 2 aromatic rings. The standard InChI is InChI=1S/C11H12BrClFN5/c1-19-10(11(12)17-18-19)9(16-15)4-6-2-3-7(14)5-8(6)13/h2-3,5,9,16H,4,15H2,1H3. The lowest BCUT2D eigenvalue weighted by atomic mass is 10.0. The van der Waals surface area contributed by atoms with Gasteiger partial charge in [0.15, 0.2) is 4.60 Å². The number of nitrogens with zero attached hydrogens (tertiary/aromatic N) is 3. The van der Waals surface area contributed by atoms with E-state index >= 15 is 0 Å². The first kappa shape index (κ1) is 14.4. The molecule has 0 amide bonds. The molecular weight excluding hydrogens is 337 g/mol. The fourth-order valence-electron chi connectivity index (χ4n) is 1.85. The highest BCUT2D eigenvalue weighted by atomic mass is 79.9. The number of hydrogen-bond acceptors (Lipinski definition) is 4. The summed E-state index contributed by atoms with van der Waals surface area (Å²) in [5, 5.41) is 8.17. The van der Waals surface area contributed by atoms with Crippen molar-refractivity contribution in [3.63, 3.8) is 0 Å². The smallest absolute Gasteiger partial charge is 0.153 e. The number of nitrogens with two attached hydrogens (primary N) is 1. The van der Waals surface area contributed by atoms with Crippen molar-refractivity contribution >= 4 is 27.5 Å². The Hall–Kier alpha value is -1.02. The molecule has 0 bridgehead atoms. The number of aryl methyl sites for hydroxylation is 1. The molecule has 1 aromatic heterocycles. The van der Waals surface area contributed by atoms with Crippen LogP contribution >= 0.6 is 27.5 Å². The third-order valence-corrected chi connectivity index (χ3v) is 3.71. The molecule has 1 unspecified atom stereocenters. The summed E-state index contributed by atoms with van der Waals surface area (Å²) in [6.07, 6.45) is 0.495. The average molecular weight is 349 g/mol. The molecule has 3 N–H and O–H groups in total. The Bertz CT molecular complexity index is 569. The van der Waals surface area contributed by atoms with E-state index in [9.17, 15) is 4.39 Å². The number of aromatic nitrogens is 3. The Balaban J connectivity index is 2.29. The van der Waals surface area contributed by atoms with Crippen molar-refractivity contribution in [2.45, 2.75) is 12.5 Å². The van der Waals surface area contributed by atoms with E-state index in [1.54, 1.807) is 17.8 Å². The summed E-state index contributed by atoms with van der Waals surface area (Å²) < 4.78 is 15.2. The highest BCUT2D eigenvalue weighted by molar-refractivity contribution is 9.10. The highest BCUT2D eigenvalue weighted by Gasteiger charge is 2.20. The molecule has 1 heterocycles. The second-order valence-electron chi connectivity index (χ2n) is 4.05. The van der Waals surface area contributed by atoms with Gasteiger partial charge >= 0.3 is 0 Å². The second-order valence-corrected chi connectivity index (χ2v) is 5.21. The molecule has 0 aliphatic rings. The number of hydrogen-bond donors (Lipinski definition) is 2. The molecule has 0 saturated heterocycles. The summed E-state index contributed by atoms with van der Waals surface area (Å²) in [6, 6.07) is 4.05. The van der Waals surface area contributed by atoms with E-state index in [1.807, 2.05) is 0 Å². The van der Waals surface area contributed by atoms with Crippen LogP contribution in [0.3, 0.4) is 0 Å². The van der Waals surface area contributed by atoms with Gasteiger partial charge in [0.25, 0.3) is 0 Å². The van der Waals surface area contributed by atoms with Gasteiger partial charge in [0, 0.05) is 12.1 Å². The van der Waals surface area contributed by atoms with Gasteiger partial charge in [0.1, 0.15) is 5.82 Å². The van der Waals surface area contributed by atoms with Gasteiger partial charge in [-0.1, -0.05) is 22.9 Å². The van der Waals surface area contributed by atoms with E-state index in [0.717, 1.165) is 11.3 Å². The van der Waals surface area contributed by atoms with Gasteiger partial charge in [-0.2, -0.15) is 0 Å². The molecular formula is C11H12BrClFN5. The molecule has 5 nitrogen and oxygen atoms in total. The van der Waals surface area contributed by atoms with Gasteiger partial charge in [-0.25, -0.2) is 9.07 Å². The number of hydrazine groups is 1. The van der Waals surface area contributed by atoms with Crippen LogP contribution in [-0.4, -0.2) is 15.0 Å². The van der Waals surface area contributed by atoms with Crippen LogP contribution in [0.15, 0.2) is 22.8 Å². The molecule has 0 aliphatic carbocycles. The summed E-state index contributed by atoms with van der Waals surface area (Å²) in [6.45, 7) is 0. The van der Waals surface area contributed by atoms with Crippen molar-refractivity contribution in [1.82, 2.24) is 20.4 Å². The van der Waals surface area contributed by atoms with Gasteiger partial charge in [-0.3, -0.25) is 11.3 Å². The van der Waals surface area contributed by atoms with Crippen LogP contribution in [0.2, 0.25) is 5.02 Å². The quantitative estimate of drug-likeness (QED) is 0.656. The molecule has 0 aliphatic heterocycles. The largest absolute Gasteiger partial charge is 0.271 e. The third kappa shape index (κ3) is 3.11. The lowest BCUT2D eigenvalue weighted by Crippen LogP contribution is -2.31. The SMILES string of the molecule is Cn1nnc(Br)c1C(Cc1ccc(F)cc1Cl)NN. The fraction of sp³-hybridized carbons (Fsp3) is 0.273. The molecule has 102 valence electrons. The topological polar surface area (TPSA) is 68.8 Å². The summed E-state index contributed by atoms with van der Waals surface area (Å²) >= 11 is 9.33. The number of nitrogens with one attached hydrogen (secondary N) is 1. The van der Waals surface area contributed by atoms with Gasteiger partial charge < -0.3 is 0 Å². The van der Waals surface area contributed by atoms with E-state index in [2.05, 4.69) is 31.7 Å². The monoisotopic (exact) mass is 347 g/mol. The van der Waals surface area contributed by atoms with Crippen molar-refractivity contribution in [2.75, 3.05) is 0 Å². The van der Waals surface area contributed by atoms with Gasteiger partial charge in [0.05, 0.1) is 11.7 Å². The van der Waals surface area contributed by atoms with Crippen LogP contribution in [0.5, 0.6) is 0 Å². The Morgan fingerprint density at radius 1 is 1.58 bits per heavy atom. The number of halogens is 3. The van der Waals surface area contributed by atoms with Crippen molar-refractivity contribution in [2.24, 2.45) is 12.9 Å². The Morgan fingerprint density at radius 2 is 2.32 bits per heavy atom. The van der Waals surface area contributed by atoms with E-state index in [-0.39, 0.29) is 11.9 Å². The Kier molecular flexibility index (Phi) is 4.51. The second kappa shape index (κ2) is 5.96. The van der Waals surface area contributed by atoms with E-state index in [1.165, 1.54) is 12.1 Å². The molecule has 1 atom stereocenters. The van der Waals surface area contributed by atoms with Crippen LogP contribution in [0, 0.1) is 5.82 Å². The Morgan fingerprint density at radius 3 is 2.84 bits per heavy atom. The first-order valence-electron chi connectivity index (χ1n) is 5.48. The molecule has 0 radical (unpaired) electrons. The normalized spacial score (nSPS) is 12.7. The lowest BCUT2D eigenvalue weighted by Gasteiger charge is -2.17. The molecule has 0 fully saturated rings. The summed E-state index contributed by atoms with van der Waals surface area (Å²) in [5.41, 5.74) is 4.28. The van der Waals surface area contributed by atoms with Crippen molar-refractivity contribution in [1.29, 1.82) is 0 Å². The molecule has 2 rings (SSSR count). The predicted molar refractivity (Wildman–Crippen MR) is 73.9 cm³/mol. The highest BCUT2D eigenvalue weighted by Crippen LogP contribution is 2.26. The molecule has 19 heavy (non-hydrogen) atoms. The minimum atomic E-state index is -0.366. The average Bonchev–Trinajstić information content (AvgIpc) is 2.69. The van der Waals surface area contributed by atoms with E-state index in [0.29, 0.717) is 16.0 Å². The first-order valence-corrected chi connectivity index (χ1v) is 6.65. The zero-order valence-electron chi connectivity index (χ0n) is 10.1. The number of benzene rings is 1. The first-order chi connectivity index (χ1) is 9.02. The molecule has 1 aromatic carbocycles. The van der Waals surface area contributed by atoms with Crippen molar-refractivity contribution in [3.05, 3.63) is 44.9 Å². The molecule has 0 spiro atoms. The Labute approximate surface area is 123 Å². The predicted octanol–water partition coefficient (Wildman–Crippen LogP) is 2.12. The van der Waals surface area contributed by atoms with Gasteiger partial charge in [-0.15, -0.1) is 5.10 Å². The van der Waals surface area contributed by atoms with Crippen LogP contribution in [0.1, 0.15) is 17.3 Å². The summed E-state index contributed by atoms with van der Waals surface area (Å²) in [5.74, 6) is 5.21. The van der Waals surface area contributed by atoms with Gasteiger partial charge in [-0.05, 0) is 40.0 Å². The van der Waals surface area contributed by atoms with Gasteiger partial charge in [0.2, 0.25) is 0 Å².